The van der Waals surface area contributed by atoms with Crippen LogP contribution in [-0.4, -0.2) is 17.5 Å². The van der Waals surface area contributed by atoms with E-state index in [1.165, 1.54) is 0 Å². The lowest BCUT2D eigenvalue weighted by Gasteiger charge is -2.21. The summed E-state index contributed by atoms with van der Waals surface area (Å²) in [5.41, 5.74) is -4.13. The standard InChI is InChI=1S/C13H12F3S.H2O4S/c14-13(15,16)17-11-7-2-1-4-10(11)8-12(17)9-5-3-6-9;1-5(2,3)4/h1-2,4,7-9H,3,5-6H2;(H2,1,2,3,4)/q+1;/p-1. The number of benzene rings is 1. The maximum absolute atomic E-state index is 13.2. The molecule has 1 atom stereocenters. The zero-order chi connectivity index (χ0) is 16.5. The highest BCUT2D eigenvalue weighted by molar-refractivity contribution is 7.79. The molecule has 22 heavy (non-hydrogen) atoms. The largest absolute Gasteiger partial charge is 0.726 e. The molecular weight excluding hydrogens is 341 g/mol. The fourth-order valence-electron chi connectivity index (χ4n) is 2.36. The monoisotopic (exact) mass is 354 g/mol. The average Bonchev–Trinajstić information content (AvgIpc) is 2.61. The Hall–Kier alpha value is -1.16. The normalized spacial score (nSPS) is 16.9. The Kier molecular flexibility index (Phi) is 4.81. The Morgan fingerprint density at radius 1 is 1.23 bits per heavy atom. The smallest absolute Gasteiger partial charge is 0.600 e. The Balaban J connectivity index is 0.000000309. The van der Waals surface area contributed by atoms with Crippen molar-refractivity contribution in [2.24, 2.45) is 0 Å². The van der Waals surface area contributed by atoms with Crippen molar-refractivity contribution in [3.05, 3.63) is 35.2 Å². The molecule has 1 aromatic heterocycles. The van der Waals surface area contributed by atoms with Gasteiger partial charge in [0.15, 0.2) is 9.58 Å². The molecule has 0 spiro atoms. The van der Waals surface area contributed by atoms with E-state index in [0.29, 0.717) is 9.58 Å². The molecule has 9 heteroatoms. The van der Waals surface area contributed by atoms with Crippen molar-refractivity contribution in [3.8, 4) is 0 Å². The summed E-state index contributed by atoms with van der Waals surface area (Å²) < 4.78 is 72.8. The number of halogens is 3. The molecule has 1 N–H and O–H groups in total. The van der Waals surface area contributed by atoms with E-state index in [1.807, 2.05) is 0 Å². The summed E-state index contributed by atoms with van der Waals surface area (Å²) >= 11 is 0. The van der Waals surface area contributed by atoms with E-state index in [9.17, 15) is 13.2 Å². The van der Waals surface area contributed by atoms with Crippen LogP contribution in [0, 0.1) is 0 Å². The van der Waals surface area contributed by atoms with Gasteiger partial charge in [0.2, 0.25) is 10.4 Å². The lowest BCUT2D eigenvalue weighted by Crippen LogP contribution is -2.10. The minimum Gasteiger partial charge on any atom is -0.726 e. The van der Waals surface area contributed by atoms with Crippen molar-refractivity contribution in [2.75, 3.05) is 0 Å². The molecule has 1 aliphatic carbocycles. The summed E-state index contributed by atoms with van der Waals surface area (Å²) in [4.78, 5) is 0.616. The van der Waals surface area contributed by atoms with Crippen molar-refractivity contribution >= 4 is 31.0 Å². The molecule has 4 nitrogen and oxygen atoms in total. The summed E-state index contributed by atoms with van der Waals surface area (Å²) in [5, 5.41) is 0.759. The molecule has 1 saturated carbocycles. The van der Waals surface area contributed by atoms with Gasteiger partial charge in [0.05, 0.1) is 10.5 Å². The molecule has 0 aliphatic heterocycles. The second-order valence-electron chi connectivity index (χ2n) is 4.89. The molecule has 1 unspecified atom stereocenters. The molecule has 0 saturated heterocycles. The van der Waals surface area contributed by atoms with Crippen LogP contribution in [0.15, 0.2) is 30.3 Å². The van der Waals surface area contributed by atoms with Crippen molar-refractivity contribution in [3.63, 3.8) is 0 Å². The molecule has 0 amide bonds. The Labute approximate surface area is 128 Å². The first-order chi connectivity index (χ1) is 10.1. The summed E-state index contributed by atoms with van der Waals surface area (Å²) in [6.07, 6.45) is 2.90. The first-order valence-electron chi connectivity index (χ1n) is 6.37. The molecule has 0 bridgehead atoms. The average molecular weight is 354 g/mol. The highest BCUT2D eigenvalue weighted by atomic mass is 32.3. The van der Waals surface area contributed by atoms with Gasteiger partial charge in [-0.25, -0.2) is 8.42 Å². The molecule has 2 aromatic rings. The van der Waals surface area contributed by atoms with Gasteiger partial charge in [-0.15, -0.1) is 13.2 Å². The van der Waals surface area contributed by atoms with E-state index in [4.69, 9.17) is 17.5 Å². The number of hydrogen-bond acceptors (Lipinski definition) is 3. The third-order valence-corrected chi connectivity index (χ3v) is 5.61. The van der Waals surface area contributed by atoms with Gasteiger partial charge in [-0.05, 0) is 25.0 Å². The number of hydrogen-bond donors (Lipinski definition) is 1. The van der Waals surface area contributed by atoms with Crippen molar-refractivity contribution in [1.29, 1.82) is 0 Å². The van der Waals surface area contributed by atoms with Crippen LogP contribution >= 0.6 is 10.5 Å². The van der Waals surface area contributed by atoms with Crippen molar-refractivity contribution < 1.29 is 30.7 Å². The van der Waals surface area contributed by atoms with Gasteiger partial charge in [-0.2, -0.15) is 0 Å². The Morgan fingerprint density at radius 2 is 1.77 bits per heavy atom. The maximum atomic E-state index is 13.2. The fraction of sp³-hybridized carbons (Fsp3) is 0.385. The molecule has 1 fully saturated rings. The molecular formula is C13H13F3O4S2. The molecule has 1 heterocycles. The van der Waals surface area contributed by atoms with Crippen molar-refractivity contribution in [1.82, 2.24) is 0 Å². The van der Waals surface area contributed by atoms with Gasteiger partial charge in [0.25, 0.3) is 0 Å². The highest BCUT2D eigenvalue weighted by Gasteiger charge is 2.49. The number of thiophene rings is 1. The Morgan fingerprint density at radius 3 is 2.23 bits per heavy atom. The quantitative estimate of drug-likeness (QED) is 0.469. The SMILES string of the molecule is FC(F)(F)[s+]1c(C2CCC2)cc2ccccc21.O=S(=O)([O-])O. The van der Waals surface area contributed by atoms with E-state index in [-0.39, 0.29) is 5.92 Å². The lowest BCUT2D eigenvalue weighted by atomic mass is 9.84. The fourth-order valence-corrected chi connectivity index (χ4v) is 4.52. The second-order valence-corrected chi connectivity index (χ2v) is 7.73. The summed E-state index contributed by atoms with van der Waals surface area (Å²) in [6, 6.07) is 8.68. The first kappa shape index (κ1) is 17.2. The molecule has 1 aliphatic rings. The van der Waals surface area contributed by atoms with Crippen LogP contribution < -0.4 is 0 Å². The van der Waals surface area contributed by atoms with E-state index < -0.39 is 26.4 Å². The van der Waals surface area contributed by atoms with Crippen molar-refractivity contribution in [2.45, 2.75) is 30.7 Å². The van der Waals surface area contributed by atoms with Gasteiger partial charge in [-0.1, -0.05) is 18.6 Å². The van der Waals surface area contributed by atoms with Crippen LogP contribution in [0.25, 0.3) is 10.1 Å². The minimum atomic E-state index is -4.92. The predicted molar refractivity (Wildman–Crippen MR) is 76.6 cm³/mol. The van der Waals surface area contributed by atoms with Gasteiger partial charge in [0.1, 0.15) is 0 Å². The Bertz CT molecular complexity index is 753. The molecule has 0 radical (unpaired) electrons. The molecule has 122 valence electrons. The summed E-state index contributed by atoms with van der Waals surface area (Å²) in [6.45, 7) is 0. The number of fused-ring (bicyclic) bond motifs is 1. The van der Waals surface area contributed by atoms with E-state index >= 15 is 0 Å². The highest BCUT2D eigenvalue weighted by Crippen LogP contribution is 2.55. The van der Waals surface area contributed by atoms with Crippen LogP contribution in [0.1, 0.15) is 30.1 Å². The lowest BCUT2D eigenvalue weighted by molar-refractivity contribution is -0.0868. The zero-order valence-corrected chi connectivity index (χ0v) is 12.8. The predicted octanol–water partition coefficient (Wildman–Crippen LogP) is 4.34. The van der Waals surface area contributed by atoms with E-state index in [2.05, 4.69) is 0 Å². The first-order valence-corrected chi connectivity index (χ1v) is 8.96. The van der Waals surface area contributed by atoms with Gasteiger partial charge in [0, 0.05) is 17.4 Å². The van der Waals surface area contributed by atoms with E-state index in [1.54, 1.807) is 30.3 Å². The summed E-state index contributed by atoms with van der Waals surface area (Å²) in [5.74, 6) is 0.160. The second kappa shape index (κ2) is 6.15. The minimum absolute atomic E-state index is 0.160. The third kappa shape index (κ3) is 4.19. The summed E-state index contributed by atoms with van der Waals surface area (Å²) in [7, 11) is -6.59. The van der Waals surface area contributed by atoms with Gasteiger partial charge in [-0.3, -0.25) is 4.55 Å². The van der Waals surface area contributed by atoms with Gasteiger partial charge >= 0.3 is 5.51 Å². The topological polar surface area (TPSA) is 77.4 Å². The van der Waals surface area contributed by atoms with Crippen LogP contribution in [-0.2, 0) is 15.9 Å². The maximum Gasteiger partial charge on any atom is 0.600 e. The molecule has 1 aromatic carbocycles. The van der Waals surface area contributed by atoms with Gasteiger partial charge < -0.3 is 4.55 Å². The van der Waals surface area contributed by atoms with Crippen LogP contribution in [0.4, 0.5) is 13.2 Å². The number of rotatable bonds is 1. The zero-order valence-electron chi connectivity index (χ0n) is 11.2. The van der Waals surface area contributed by atoms with Crippen LogP contribution in [0.3, 0.4) is 0 Å². The van der Waals surface area contributed by atoms with Crippen LogP contribution in [0.5, 0.6) is 0 Å². The van der Waals surface area contributed by atoms with Crippen LogP contribution in [0.2, 0.25) is 0 Å². The molecule has 3 rings (SSSR count). The third-order valence-electron chi connectivity index (χ3n) is 3.41. The number of alkyl halides is 3. The van der Waals surface area contributed by atoms with E-state index in [0.717, 1.165) is 24.6 Å².